The molecule has 2 rings (SSSR count). The van der Waals surface area contributed by atoms with Crippen LogP contribution < -0.4 is 19.5 Å². The Hall–Kier alpha value is -1.46. The lowest BCUT2D eigenvalue weighted by atomic mass is 9.94. The fraction of sp³-hybridized carbons (Fsp3) is 0.600. The molecule has 5 heteroatoms. The summed E-state index contributed by atoms with van der Waals surface area (Å²) in [6.45, 7) is 1.69. The third kappa shape index (κ3) is 2.69. The molecule has 1 saturated heterocycles. The van der Waals surface area contributed by atoms with Gasteiger partial charge in [0, 0.05) is 24.6 Å². The molecular weight excluding hydrogens is 258 g/mol. The molecule has 1 N–H and O–H groups in total. The number of hydrogen-bond donors (Lipinski definition) is 1. The molecule has 1 heterocycles. The van der Waals surface area contributed by atoms with Gasteiger partial charge in [0.15, 0.2) is 11.5 Å². The summed E-state index contributed by atoms with van der Waals surface area (Å²) in [4.78, 5) is 0. The van der Waals surface area contributed by atoms with Gasteiger partial charge in [0.1, 0.15) is 0 Å². The highest BCUT2D eigenvalue weighted by molar-refractivity contribution is 5.56. The first-order valence-corrected chi connectivity index (χ1v) is 6.81. The van der Waals surface area contributed by atoms with Crippen LogP contribution in [0.15, 0.2) is 12.1 Å². The summed E-state index contributed by atoms with van der Waals surface area (Å²) in [6, 6.07) is 3.90. The Balaban J connectivity index is 2.40. The molecule has 2 atom stereocenters. The molecule has 0 amide bonds. The molecule has 1 aromatic rings. The molecule has 0 saturated carbocycles. The van der Waals surface area contributed by atoms with Gasteiger partial charge in [-0.25, -0.2) is 0 Å². The van der Waals surface area contributed by atoms with E-state index < -0.39 is 0 Å². The normalized spacial score (nSPS) is 21.8. The Morgan fingerprint density at radius 3 is 2.50 bits per heavy atom. The molecule has 1 aliphatic heterocycles. The minimum absolute atomic E-state index is 0.0252. The van der Waals surface area contributed by atoms with Crippen molar-refractivity contribution < 1.29 is 18.9 Å². The molecule has 1 aliphatic rings. The summed E-state index contributed by atoms with van der Waals surface area (Å²) in [7, 11) is 6.83. The molecule has 0 spiro atoms. The van der Waals surface area contributed by atoms with Crippen LogP contribution in [0.3, 0.4) is 0 Å². The lowest BCUT2D eigenvalue weighted by Gasteiger charge is -2.23. The molecule has 0 aliphatic carbocycles. The quantitative estimate of drug-likeness (QED) is 0.864. The highest BCUT2D eigenvalue weighted by Gasteiger charge is 2.33. The standard InChI is InChI=1S/C15H23NO4/c1-16-9-10-7-8-20-13(10)11-5-6-12(17-2)15(19-4)14(11)18-3/h5-6,10,13,16H,7-9H2,1-4H3. The van der Waals surface area contributed by atoms with E-state index in [1.165, 1.54) is 0 Å². The third-order valence-electron chi connectivity index (χ3n) is 3.72. The second-order valence-electron chi connectivity index (χ2n) is 4.82. The largest absolute Gasteiger partial charge is 0.493 e. The van der Waals surface area contributed by atoms with E-state index in [4.69, 9.17) is 18.9 Å². The van der Waals surface area contributed by atoms with Crippen molar-refractivity contribution in [1.29, 1.82) is 0 Å². The van der Waals surface area contributed by atoms with E-state index in [0.29, 0.717) is 23.2 Å². The van der Waals surface area contributed by atoms with Gasteiger partial charge >= 0.3 is 0 Å². The van der Waals surface area contributed by atoms with Crippen LogP contribution in [0.5, 0.6) is 17.2 Å². The van der Waals surface area contributed by atoms with E-state index in [0.717, 1.165) is 25.1 Å². The smallest absolute Gasteiger partial charge is 0.203 e. The lowest BCUT2D eigenvalue weighted by Crippen LogP contribution is -2.21. The summed E-state index contributed by atoms with van der Waals surface area (Å²) < 4.78 is 22.2. The summed E-state index contributed by atoms with van der Waals surface area (Å²) in [5, 5.41) is 3.22. The number of methoxy groups -OCH3 is 3. The molecular formula is C15H23NO4. The van der Waals surface area contributed by atoms with Gasteiger partial charge in [-0.1, -0.05) is 0 Å². The number of rotatable bonds is 6. The Morgan fingerprint density at radius 2 is 1.90 bits per heavy atom. The summed E-state index contributed by atoms with van der Waals surface area (Å²) in [5.41, 5.74) is 1.02. The van der Waals surface area contributed by atoms with Gasteiger partial charge in [-0.05, 0) is 25.6 Å². The third-order valence-corrected chi connectivity index (χ3v) is 3.72. The molecule has 0 radical (unpaired) electrons. The van der Waals surface area contributed by atoms with Crippen molar-refractivity contribution >= 4 is 0 Å². The van der Waals surface area contributed by atoms with Crippen molar-refractivity contribution in [2.75, 3.05) is 41.5 Å². The van der Waals surface area contributed by atoms with E-state index in [2.05, 4.69) is 5.32 Å². The molecule has 5 nitrogen and oxygen atoms in total. The molecule has 20 heavy (non-hydrogen) atoms. The van der Waals surface area contributed by atoms with E-state index >= 15 is 0 Å². The van der Waals surface area contributed by atoms with Crippen LogP contribution in [0.1, 0.15) is 18.1 Å². The van der Waals surface area contributed by atoms with Crippen LogP contribution in [-0.4, -0.2) is 41.5 Å². The molecule has 1 aromatic carbocycles. The maximum atomic E-state index is 5.90. The van der Waals surface area contributed by atoms with Crippen molar-refractivity contribution in [3.8, 4) is 17.2 Å². The Bertz CT molecular complexity index is 450. The molecule has 112 valence electrons. The molecule has 1 fully saturated rings. The van der Waals surface area contributed by atoms with Crippen LogP contribution in [0, 0.1) is 5.92 Å². The number of hydrogen-bond acceptors (Lipinski definition) is 5. The Kier molecular flexibility index (Phi) is 5.09. The van der Waals surface area contributed by atoms with Crippen LogP contribution in [0.4, 0.5) is 0 Å². The highest BCUT2D eigenvalue weighted by Crippen LogP contribution is 2.46. The molecule has 0 aromatic heterocycles. The first kappa shape index (κ1) is 14.9. The van der Waals surface area contributed by atoms with E-state index in [1.54, 1.807) is 21.3 Å². The summed E-state index contributed by atoms with van der Waals surface area (Å²) in [6.07, 6.45) is 1.07. The first-order valence-electron chi connectivity index (χ1n) is 6.81. The zero-order valence-electron chi connectivity index (χ0n) is 12.6. The minimum atomic E-state index is 0.0252. The van der Waals surface area contributed by atoms with Crippen molar-refractivity contribution in [1.82, 2.24) is 5.32 Å². The van der Waals surface area contributed by atoms with Gasteiger partial charge in [-0.3, -0.25) is 0 Å². The van der Waals surface area contributed by atoms with E-state index in [-0.39, 0.29) is 6.10 Å². The maximum Gasteiger partial charge on any atom is 0.203 e. The number of nitrogens with one attached hydrogen (secondary N) is 1. The zero-order chi connectivity index (χ0) is 14.5. The van der Waals surface area contributed by atoms with Gasteiger partial charge in [-0.15, -0.1) is 0 Å². The second-order valence-corrected chi connectivity index (χ2v) is 4.82. The van der Waals surface area contributed by atoms with E-state index in [9.17, 15) is 0 Å². The van der Waals surface area contributed by atoms with Crippen molar-refractivity contribution in [3.05, 3.63) is 17.7 Å². The predicted octanol–water partition coefficient (Wildman–Crippen LogP) is 2.01. The summed E-state index contributed by atoms with van der Waals surface area (Å²) >= 11 is 0. The number of benzene rings is 1. The van der Waals surface area contributed by atoms with Crippen LogP contribution >= 0.6 is 0 Å². The predicted molar refractivity (Wildman–Crippen MR) is 76.8 cm³/mol. The number of ether oxygens (including phenoxy) is 4. The van der Waals surface area contributed by atoms with Gasteiger partial charge in [-0.2, -0.15) is 0 Å². The lowest BCUT2D eigenvalue weighted by molar-refractivity contribution is 0.0882. The van der Waals surface area contributed by atoms with Crippen LogP contribution in [0.25, 0.3) is 0 Å². The maximum absolute atomic E-state index is 5.90. The zero-order valence-corrected chi connectivity index (χ0v) is 12.6. The van der Waals surface area contributed by atoms with Crippen molar-refractivity contribution in [2.24, 2.45) is 5.92 Å². The molecule has 0 bridgehead atoms. The highest BCUT2D eigenvalue weighted by atomic mass is 16.5. The van der Waals surface area contributed by atoms with Crippen molar-refractivity contribution in [3.63, 3.8) is 0 Å². The van der Waals surface area contributed by atoms with Gasteiger partial charge < -0.3 is 24.3 Å². The average molecular weight is 281 g/mol. The minimum Gasteiger partial charge on any atom is -0.493 e. The van der Waals surface area contributed by atoms with Crippen LogP contribution in [0.2, 0.25) is 0 Å². The molecule has 2 unspecified atom stereocenters. The Labute approximate surface area is 120 Å². The second kappa shape index (κ2) is 6.81. The van der Waals surface area contributed by atoms with E-state index in [1.807, 2.05) is 19.2 Å². The van der Waals surface area contributed by atoms with Gasteiger partial charge in [0.05, 0.1) is 27.4 Å². The average Bonchev–Trinajstić information content (AvgIpc) is 2.93. The first-order chi connectivity index (χ1) is 9.76. The van der Waals surface area contributed by atoms with Crippen LogP contribution in [-0.2, 0) is 4.74 Å². The topological polar surface area (TPSA) is 49.0 Å². The Morgan fingerprint density at radius 1 is 1.15 bits per heavy atom. The van der Waals surface area contributed by atoms with Gasteiger partial charge in [0.2, 0.25) is 5.75 Å². The monoisotopic (exact) mass is 281 g/mol. The van der Waals surface area contributed by atoms with Gasteiger partial charge in [0.25, 0.3) is 0 Å². The summed E-state index contributed by atoms with van der Waals surface area (Å²) in [5.74, 6) is 2.41. The van der Waals surface area contributed by atoms with Crippen molar-refractivity contribution in [2.45, 2.75) is 12.5 Å². The fourth-order valence-electron chi connectivity index (χ4n) is 2.80. The SMILES string of the molecule is CNCC1CCOC1c1ccc(OC)c(OC)c1OC. The fourth-order valence-corrected chi connectivity index (χ4v) is 2.80.